The molecule has 1 heterocycles. The van der Waals surface area contributed by atoms with Crippen LogP contribution < -0.4 is 11.1 Å². The van der Waals surface area contributed by atoms with E-state index in [0.29, 0.717) is 19.4 Å². The van der Waals surface area contributed by atoms with Gasteiger partial charge >= 0.3 is 12.1 Å². The number of hydrogen-bond acceptors (Lipinski definition) is 3. The van der Waals surface area contributed by atoms with E-state index in [4.69, 9.17) is 5.73 Å². The highest BCUT2D eigenvalue weighted by atomic mass is 19.4. The van der Waals surface area contributed by atoms with E-state index in [1.165, 1.54) is 0 Å². The number of halogens is 3. The van der Waals surface area contributed by atoms with E-state index in [9.17, 15) is 18.0 Å². The number of likely N-dealkylation sites (N-methyl/N-ethyl adjacent to an activating group) is 1. The number of nitrogens with two attached hydrogens (primary N) is 1. The van der Waals surface area contributed by atoms with Crippen LogP contribution in [0.3, 0.4) is 0 Å². The average molecular weight is 267 g/mol. The Balaban J connectivity index is 2.89. The summed E-state index contributed by atoms with van der Waals surface area (Å²) < 4.78 is 37.7. The van der Waals surface area contributed by atoms with Gasteiger partial charge in [0.05, 0.1) is 0 Å². The number of likely N-dealkylation sites (tertiary alicyclic amines) is 1. The molecule has 4 nitrogen and oxygen atoms in total. The van der Waals surface area contributed by atoms with Crippen LogP contribution in [-0.4, -0.2) is 48.7 Å². The second kappa shape index (κ2) is 5.88. The molecule has 1 rings (SSSR count). The number of carbonyl (C=O) groups is 1. The predicted molar refractivity (Wildman–Crippen MR) is 61.9 cm³/mol. The zero-order valence-corrected chi connectivity index (χ0v) is 10.6. The molecule has 3 atom stereocenters. The zero-order valence-electron chi connectivity index (χ0n) is 10.6. The monoisotopic (exact) mass is 267 g/mol. The van der Waals surface area contributed by atoms with Crippen molar-refractivity contribution in [2.24, 2.45) is 5.73 Å². The number of amides is 1. The Morgan fingerprint density at radius 3 is 2.61 bits per heavy atom. The Bertz CT molecular complexity index is 296. The molecule has 0 radical (unpaired) electrons. The molecule has 0 saturated carbocycles. The van der Waals surface area contributed by atoms with Crippen molar-refractivity contribution < 1.29 is 18.0 Å². The third kappa shape index (κ3) is 3.35. The van der Waals surface area contributed by atoms with Crippen LogP contribution >= 0.6 is 0 Å². The molecule has 7 heteroatoms. The van der Waals surface area contributed by atoms with Crippen molar-refractivity contribution in [1.29, 1.82) is 0 Å². The molecule has 1 saturated heterocycles. The van der Waals surface area contributed by atoms with Crippen LogP contribution in [0.25, 0.3) is 0 Å². The van der Waals surface area contributed by atoms with Crippen molar-refractivity contribution in [1.82, 2.24) is 10.2 Å². The normalized spacial score (nSPS) is 27.1. The van der Waals surface area contributed by atoms with Gasteiger partial charge in [-0.25, -0.2) is 0 Å². The highest BCUT2D eigenvalue weighted by Gasteiger charge is 2.48. The van der Waals surface area contributed by atoms with Crippen molar-refractivity contribution >= 4 is 5.91 Å². The Labute approximate surface area is 105 Å². The number of rotatable bonds is 3. The van der Waals surface area contributed by atoms with Crippen molar-refractivity contribution in [3.8, 4) is 0 Å². The Morgan fingerprint density at radius 2 is 2.11 bits per heavy atom. The summed E-state index contributed by atoms with van der Waals surface area (Å²) in [6, 6.07) is -1.44. The molecule has 3 N–H and O–H groups in total. The molecule has 0 aromatic carbocycles. The van der Waals surface area contributed by atoms with Gasteiger partial charge in [0.15, 0.2) is 0 Å². The third-order valence-corrected chi connectivity index (χ3v) is 3.37. The van der Waals surface area contributed by atoms with Crippen LogP contribution in [0.1, 0.15) is 26.2 Å². The maximum Gasteiger partial charge on any atom is 0.471 e. The minimum Gasteiger partial charge on any atom is -0.328 e. The lowest BCUT2D eigenvalue weighted by molar-refractivity contribution is -0.192. The molecule has 1 fully saturated rings. The van der Waals surface area contributed by atoms with Gasteiger partial charge in [-0.15, -0.1) is 0 Å². The Morgan fingerprint density at radius 1 is 1.50 bits per heavy atom. The minimum absolute atomic E-state index is 0.388. The maximum absolute atomic E-state index is 12.6. The summed E-state index contributed by atoms with van der Waals surface area (Å²) in [5, 5.41) is 2.83. The topological polar surface area (TPSA) is 58.4 Å². The second-order valence-corrected chi connectivity index (χ2v) is 4.78. The van der Waals surface area contributed by atoms with Gasteiger partial charge < -0.3 is 16.0 Å². The Hall–Kier alpha value is -0.820. The van der Waals surface area contributed by atoms with E-state index in [-0.39, 0.29) is 0 Å². The van der Waals surface area contributed by atoms with Gasteiger partial charge in [0.25, 0.3) is 0 Å². The number of hydrogen-bond donors (Lipinski definition) is 2. The van der Waals surface area contributed by atoms with E-state index >= 15 is 0 Å². The molecule has 0 aromatic rings. The first-order valence-corrected chi connectivity index (χ1v) is 6.08. The number of nitrogens with zero attached hydrogens (tertiary/aromatic N) is 1. The summed E-state index contributed by atoms with van der Waals surface area (Å²) >= 11 is 0. The van der Waals surface area contributed by atoms with Crippen molar-refractivity contribution in [3.05, 3.63) is 0 Å². The van der Waals surface area contributed by atoms with E-state index in [2.05, 4.69) is 5.32 Å². The van der Waals surface area contributed by atoms with Crippen LogP contribution in [0.5, 0.6) is 0 Å². The fraction of sp³-hybridized carbons (Fsp3) is 0.909. The van der Waals surface area contributed by atoms with Gasteiger partial charge in [-0.05, 0) is 33.2 Å². The lowest BCUT2D eigenvalue weighted by Gasteiger charge is -2.43. The molecular formula is C11H20F3N3O. The van der Waals surface area contributed by atoms with Gasteiger partial charge in [0.1, 0.15) is 0 Å². The average Bonchev–Trinajstić information content (AvgIpc) is 2.27. The minimum atomic E-state index is -4.83. The van der Waals surface area contributed by atoms with E-state index in [1.54, 1.807) is 14.0 Å². The summed E-state index contributed by atoms with van der Waals surface area (Å²) in [5.74, 6) is -1.77. The molecule has 18 heavy (non-hydrogen) atoms. The van der Waals surface area contributed by atoms with Gasteiger partial charge in [-0.2, -0.15) is 13.2 Å². The van der Waals surface area contributed by atoms with Gasteiger partial charge in [-0.3, -0.25) is 4.79 Å². The van der Waals surface area contributed by atoms with Crippen molar-refractivity contribution in [2.75, 3.05) is 13.6 Å². The van der Waals surface area contributed by atoms with Crippen molar-refractivity contribution in [3.63, 3.8) is 0 Å². The van der Waals surface area contributed by atoms with Crippen molar-refractivity contribution in [2.45, 2.75) is 50.5 Å². The molecule has 1 aliphatic heterocycles. The highest BCUT2D eigenvalue weighted by molar-refractivity contribution is 5.82. The van der Waals surface area contributed by atoms with E-state index in [1.807, 2.05) is 0 Å². The maximum atomic E-state index is 12.6. The van der Waals surface area contributed by atoms with Crippen LogP contribution in [0.4, 0.5) is 13.2 Å². The molecule has 0 spiro atoms. The van der Waals surface area contributed by atoms with Gasteiger partial charge in [0, 0.05) is 24.7 Å². The first-order chi connectivity index (χ1) is 8.29. The molecule has 1 amide bonds. The fourth-order valence-corrected chi connectivity index (χ4v) is 2.52. The van der Waals surface area contributed by atoms with Gasteiger partial charge in [-0.1, -0.05) is 0 Å². The lowest BCUT2D eigenvalue weighted by Crippen LogP contribution is -2.60. The molecule has 0 aromatic heterocycles. The number of piperidine rings is 1. The standard InChI is InChI=1S/C11H20F3N3O/c1-7-4-3-5-9(8(15)6-16-2)17(7)10(18)11(12,13)14/h7-9,16H,3-6,15H2,1-2H3. The lowest BCUT2D eigenvalue weighted by atomic mass is 9.91. The highest BCUT2D eigenvalue weighted by Crippen LogP contribution is 2.29. The molecular weight excluding hydrogens is 247 g/mol. The van der Waals surface area contributed by atoms with E-state index < -0.39 is 30.2 Å². The number of nitrogens with one attached hydrogen (secondary N) is 1. The third-order valence-electron chi connectivity index (χ3n) is 3.37. The van der Waals surface area contributed by atoms with Crippen LogP contribution in [0.2, 0.25) is 0 Å². The quantitative estimate of drug-likeness (QED) is 0.797. The molecule has 0 aliphatic carbocycles. The molecule has 1 aliphatic rings. The molecule has 3 unspecified atom stereocenters. The van der Waals surface area contributed by atoms with Crippen LogP contribution in [-0.2, 0) is 4.79 Å². The first-order valence-electron chi connectivity index (χ1n) is 6.08. The summed E-state index contributed by atoms with van der Waals surface area (Å²) in [6.07, 6.45) is -2.92. The largest absolute Gasteiger partial charge is 0.471 e. The second-order valence-electron chi connectivity index (χ2n) is 4.78. The predicted octanol–water partition coefficient (Wildman–Crippen LogP) is 0.865. The van der Waals surface area contributed by atoms with E-state index in [0.717, 1.165) is 11.3 Å². The first kappa shape index (κ1) is 15.2. The summed E-state index contributed by atoms with van der Waals surface area (Å²) in [4.78, 5) is 12.4. The summed E-state index contributed by atoms with van der Waals surface area (Å²) in [5.41, 5.74) is 5.87. The SMILES string of the molecule is CNCC(N)C1CCCC(C)N1C(=O)C(F)(F)F. The fourth-order valence-electron chi connectivity index (χ4n) is 2.52. The number of alkyl halides is 3. The summed E-state index contributed by atoms with van der Waals surface area (Å²) in [6.45, 7) is 2.03. The summed E-state index contributed by atoms with van der Waals surface area (Å²) in [7, 11) is 1.68. The van der Waals surface area contributed by atoms with Gasteiger partial charge in [0.2, 0.25) is 0 Å². The van der Waals surface area contributed by atoms with Crippen LogP contribution in [0.15, 0.2) is 0 Å². The molecule has 0 bridgehead atoms. The number of carbonyl (C=O) groups excluding carboxylic acids is 1. The van der Waals surface area contributed by atoms with Crippen LogP contribution in [0, 0.1) is 0 Å². The zero-order chi connectivity index (χ0) is 13.9. The molecule has 106 valence electrons. The smallest absolute Gasteiger partial charge is 0.328 e. The Kier molecular flexibility index (Phi) is 4.98.